The summed E-state index contributed by atoms with van der Waals surface area (Å²) in [5.74, 6) is 0.343. The first-order valence-corrected chi connectivity index (χ1v) is 15.4. The molecular formula is C27H32FN5O3S2. The number of ether oxygens (including phenoxy) is 1. The van der Waals surface area contributed by atoms with Crippen molar-refractivity contribution in [3.05, 3.63) is 53.6 Å². The number of rotatable bonds is 8. The van der Waals surface area contributed by atoms with Crippen molar-refractivity contribution in [1.82, 2.24) is 15.3 Å². The molecular weight excluding hydrogens is 525 g/mol. The molecule has 2 heterocycles. The Labute approximate surface area is 226 Å². The molecule has 2 aliphatic rings. The van der Waals surface area contributed by atoms with Gasteiger partial charge in [0.05, 0.1) is 36.8 Å². The molecule has 38 heavy (non-hydrogen) atoms. The van der Waals surface area contributed by atoms with E-state index in [-0.39, 0.29) is 23.5 Å². The molecule has 5 rings (SSSR count). The van der Waals surface area contributed by atoms with E-state index in [1.165, 1.54) is 12.1 Å². The molecule has 2 fully saturated rings. The predicted octanol–water partition coefficient (Wildman–Crippen LogP) is 6.82. The van der Waals surface area contributed by atoms with Gasteiger partial charge in [0, 0.05) is 34.7 Å². The molecule has 0 radical (unpaired) electrons. The minimum Gasteiger partial charge on any atom is -0.447 e. The summed E-state index contributed by atoms with van der Waals surface area (Å²) >= 11 is 1.58. The fourth-order valence-electron chi connectivity index (χ4n) is 4.73. The smallest absolute Gasteiger partial charge is 0.407 e. The normalized spacial score (nSPS) is 21.1. The first-order chi connectivity index (χ1) is 18.2. The highest BCUT2D eigenvalue weighted by Crippen LogP contribution is 2.43. The molecule has 3 aromatic rings. The van der Waals surface area contributed by atoms with E-state index in [2.05, 4.69) is 15.6 Å². The number of benzene rings is 1. The van der Waals surface area contributed by atoms with Gasteiger partial charge in [0.25, 0.3) is 0 Å². The Morgan fingerprint density at radius 2 is 1.87 bits per heavy atom. The van der Waals surface area contributed by atoms with Crippen molar-refractivity contribution < 1.29 is 18.1 Å². The van der Waals surface area contributed by atoms with E-state index < -0.39 is 15.5 Å². The number of nitrogens with zero attached hydrogens (tertiary/aromatic N) is 2. The van der Waals surface area contributed by atoms with Crippen LogP contribution in [0.4, 0.5) is 20.7 Å². The zero-order valence-electron chi connectivity index (χ0n) is 21.4. The van der Waals surface area contributed by atoms with Crippen LogP contribution in [0.15, 0.2) is 47.6 Å². The second-order valence-corrected chi connectivity index (χ2v) is 13.6. The summed E-state index contributed by atoms with van der Waals surface area (Å²) in [6.45, 7) is 3.66. The Morgan fingerprint density at radius 3 is 2.53 bits per heavy atom. The van der Waals surface area contributed by atoms with Crippen LogP contribution in [-0.2, 0) is 14.5 Å². The van der Waals surface area contributed by atoms with Crippen LogP contribution in [0.2, 0.25) is 0 Å². The first-order valence-electron chi connectivity index (χ1n) is 12.9. The predicted molar refractivity (Wildman–Crippen MR) is 147 cm³/mol. The van der Waals surface area contributed by atoms with Gasteiger partial charge in [0.15, 0.2) is 0 Å². The number of alkyl carbamates (subject to hydrolysis) is 1. The zero-order valence-corrected chi connectivity index (χ0v) is 23.0. The molecule has 3 N–H and O–H groups in total. The summed E-state index contributed by atoms with van der Waals surface area (Å²) in [6.07, 6.45) is 7.56. The highest BCUT2D eigenvalue weighted by Gasteiger charge is 2.36. The number of hydrogen-bond acceptors (Lipinski definition) is 8. The molecule has 1 amide bonds. The molecule has 0 spiro atoms. The van der Waals surface area contributed by atoms with E-state index >= 15 is 0 Å². The Kier molecular flexibility index (Phi) is 7.67. The lowest BCUT2D eigenvalue weighted by molar-refractivity contribution is 0.109. The fraction of sp³-hybridized carbons (Fsp3) is 0.444. The quantitative estimate of drug-likeness (QED) is 0.280. The van der Waals surface area contributed by atoms with Crippen LogP contribution in [0.1, 0.15) is 63.3 Å². The molecule has 11 heteroatoms. The van der Waals surface area contributed by atoms with Gasteiger partial charge in [-0.1, -0.05) is 6.07 Å². The number of amides is 1. The summed E-state index contributed by atoms with van der Waals surface area (Å²) in [5, 5.41) is 6.97. The Morgan fingerprint density at radius 1 is 1.11 bits per heavy atom. The van der Waals surface area contributed by atoms with Crippen LogP contribution in [-0.4, -0.2) is 37.7 Å². The lowest BCUT2D eigenvalue weighted by atomic mass is 9.86. The number of carbonyl (C=O) groups is 1. The number of pyridine rings is 1. The standard InChI is InChI=1S/C27H32FN5O3S2/c1-16(2)36-27(34)33-19-6-3-17(4-7-19)26-31-15-23(37-26)22-11-8-20(32-25-12-5-18(28)14-30-25)13-24(22)38(29,35)21-9-10-21/h5,8,11-17,19,21,29H,3-4,6-7,9-10H2,1-2H3,(H,30,32)(H,33,34)/t17-,19-,38?. The average Bonchev–Trinajstić information content (AvgIpc) is 3.64. The maximum absolute atomic E-state index is 13.6. The summed E-state index contributed by atoms with van der Waals surface area (Å²) in [5.41, 5.74) is 1.42. The van der Waals surface area contributed by atoms with Crippen molar-refractivity contribution in [2.24, 2.45) is 0 Å². The molecule has 1 aromatic carbocycles. The molecule has 202 valence electrons. The average molecular weight is 558 g/mol. The first kappa shape index (κ1) is 26.6. The lowest BCUT2D eigenvalue weighted by Gasteiger charge is -2.28. The number of carbonyl (C=O) groups excluding carboxylic acids is 1. The monoisotopic (exact) mass is 557 g/mol. The van der Waals surface area contributed by atoms with Gasteiger partial charge in [0.2, 0.25) is 0 Å². The van der Waals surface area contributed by atoms with Crippen LogP contribution >= 0.6 is 11.3 Å². The van der Waals surface area contributed by atoms with E-state index in [4.69, 9.17) is 14.5 Å². The van der Waals surface area contributed by atoms with Gasteiger partial charge < -0.3 is 15.4 Å². The lowest BCUT2D eigenvalue weighted by Crippen LogP contribution is -2.38. The summed E-state index contributed by atoms with van der Waals surface area (Å²) in [6, 6.07) is 8.47. The molecule has 1 unspecified atom stereocenters. The third kappa shape index (κ3) is 6.15. The second kappa shape index (κ2) is 11.0. The molecule has 0 saturated heterocycles. The van der Waals surface area contributed by atoms with Gasteiger partial charge >= 0.3 is 6.09 Å². The van der Waals surface area contributed by atoms with Gasteiger partial charge in [-0.15, -0.1) is 11.3 Å². The number of aromatic nitrogens is 2. The Hall–Kier alpha value is -3.05. The van der Waals surface area contributed by atoms with Crippen LogP contribution in [0.25, 0.3) is 10.4 Å². The number of thiazole rings is 1. The van der Waals surface area contributed by atoms with E-state index in [1.807, 2.05) is 32.2 Å². The van der Waals surface area contributed by atoms with Crippen LogP contribution in [0.5, 0.6) is 0 Å². The van der Waals surface area contributed by atoms with E-state index in [0.717, 1.165) is 60.2 Å². The molecule has 0 aliphatic heterocycles. The highest BCUT2D eigenvalue weighted by molar-refractivity contribution is 7.93. The number of halogens is 1. The van der Waals surface area contributed by atoms with Crippen LogP contribution in [0.3, 0.4) is 0 Å². The second-order valence-electron chi connectivity index (χ2n) is 10.2. The van der Waals surface area contributed by atoms with Crippen molar-refractivity contribution in [1.29, 1.82) is 4.78 Å². The van der Waals surface area contributed by atoms with Crippen molar-refractivity contribution in [2.45, 2.75) is 80.6 Å². The molecule has 0 bridgehead atoms. The van der Waals surface area contributed by atoms with Crippen LogP contribution < -0.4 is 10.6 Å². The summed E-state index contributed by atoms with van der Waals surface area (Å²) < 4.78 is 40.8. The third-order valence-corrected chi connectivity index (χ3v) is 10.4. The zero-order chi connectivity index (χ0) is 26.9. The Bertz CT molecular complexity index is 1400. The fourth-order valence-corrected chi connectivity index (χ4v) is 7.89. The summed E-state index contributed by atoms with van der Waals surface area (Å²) in [7, 11) is -3.00. The van der Waals surface area contributed by atoms with Crippen molar-refractivity contribution >= 4 is 38.7 Å². The summed E-state index contributed by atoms with van der Waals surface area (Å²) in [4.78, 5) is 22.1. The minimum absolute atomic E-state index is 0.103. The molecule has 2 saturated carbocycles. The van der Waals surface area contributed by atoms with Crippen molar-refractivity contribution in [2.75, 3.05) is 5.32 Å². The maximum atomic E-state index is 13.6. The van der Waals surface area contributed by atoms with E-state index in [1.54, 1.807) is 17.4 Å². The third-order valence-electron chi connectivity index (χ3n) is 6.83. The molecule has 1 atom stereocenters. The van der Waals surface area contributed by atoms with Gasteiger partial charge in [-0.25, -0.2) is 28.1 Å². The molecule has 2 aromatic heterocycles. The van der Waals surface area contributed by atoms with Gasteiger partial charge in [0.1, 0.15) is 11.6 Å². The number of nitrogens with one attached hydrogen (secondary N) is 3. The Balaban J connectivity index is 1.33. The van der Waals surface area contributed by atoms with Crippen molar-refractivity contribution in [3.63, 3.8) is 0 Å². The largest absolute Gasteiger partial charge is 0.447 e. The highest BCUT2D eigenvalue weighted by atomic mass is 32.2. The van der Waals surface area contributed by atoms with E-state index in [0.29, 0.717) is 22.3 Å². The van der Waals surface area contributed by atoms with Gasteiger partial charge in [-0.3, -0.25) is 0 Å². The van der Waals surface area contributed by atoms with Gasteiger partial charge in [-0.2, -0.15) is 0 Å². The number of anilines is 2. The van der Waals surface area contributed by atoms with Crippen LogP contribution in [0, 0.1) is 10.6 Å². The van der Waals surface area contributed by atoms with Crippen molar-refractivity contribution in [3.8, 4) is 10.4 Å². The molecule has 8 nitrogen and oxygen atoms in total. The topological polar surface area (TPSA) is 117 Å². The number of hydrogen-bond donors (Lipinski definition) is 3. The maximum Gasteiger partial charge on any atom is 0.407 e. The van der Waals surface area contributed by atoms with Gasteiger partial charge in [-0.05, 0) is 76.6 Å². The van der Waals surface area contributed by atoms with E-state index in [9.17, 15) is 13.4 Å². The SMILES string of the molecule is CC(C)OC(=O)N[C@H]1CC[C@H](c2ncc(-c3ccc(Nc4ccc(F)cn4)cc3S(=N)(=O)C3CC3)s2)CC1. The molecule has 2 aliphatic carbocycles. The minimum atomic E-state index is -3.00.